The average Bonchev–Trinajstić information content (AvgIpc) is 2.81. The Kier molecular flexibility index (Phi) is 4.96. The fourth-order valence-electron chi connectivity index (χ4n) is 2.36. The van der Waals surface area contributed by atoms with Crippen LogP contribution in [0.15, 0.2) is 30.6 Å². The van der Waals surface area contributed by atoms with E-state index >= 15 is 0 Å². The van der Waals surface area contributed by atoms with Crippen LogP contribution in [-0.2, 0) is 0 Å². The minimum absolute atomic E-state index is 0.0267. The lowest BCUT2D eigenvalue weighted by molar-refractivity contribution is 0.0768. The molecule has 1 aromatic carbocycles. The molecule has 1 aliphatic heterocycles. The molecule has 1 amide bonds. The van der Waals surface area contributed by atoms with Gasteiger partial charge < -0.3 is 4.90 Å². The lowest BCUT2D eigenvalue weighted by Crippen LogP contribution is -2.32. The van der Waals surface area contributed by atoms with E-state index in [9.17, 15) is 4.79 Å². The van der Waals surface area contributed by atoms with E-state index in [0.29, 0.717) is 21.3 Å². The number of carbonyl (C=O) groups is 1. The van der Waals surface area contributed by atoms with Gasteiger partial charge in [-0.05, 0) is 30.4 Å². The Labute approximate surface area is 143 Å². The first-order valence-corrected chi connectivity index (χ1v) is 8.93. The quantitative estimate of drug-likeness (QED) is 0.822. The van der Waals surface area contributed by atoms with E-state index in [-0.39, 0.29) is 5.91 Å². The molecular weight excluding hydrogens is 341 g/mol. The largest absolute Gasteiger partial charge is 0.338 e. The molecule has 0 unspecified atom stereocenters. The number of aromatic nitrogens is 2. The molecule has 1 fully saturated rings. The van der Waals surface area contributed by atoms with Crippen LogP contribution < -0.4 is 0 Å². The van der Waals surface area contributed by atoms with E-state index in [1.807, 2.05) is 16.7 Å². The van der Waals surface area contributed by atoms with Crippen molar-refractivity contribution < 1.29 is 4.79 Å². The number of halogens is 2. The van der Waals surface area contributed by atoms with Crippen LogP contribution in [0.3, 0.4) is 0 Å². The summed E-state index contributed by atoms with van der Waals surface area (Å²) in [4.78, 5) is 14.4. The van der Waals surface area contributed by atoms with E-state index in [0.717, 1.165) is 31.0 Å². The number of hydrogen-bond acceptors (Lipinski definition) is 3. The molecule has 0 N–H and O–H groups in total. The Morgan fingerprint density at radius 1 is 1.23 bits per heavy atom. The molecule has 1 saturated heterocycles. The minimum atomic E-state index is 0.0267. The van der Waals surface area contributed by atoms with Crippen molar-refractivity contribution >= 4 is 40.9 Å². The molecule has 0 bridgehead atoms. The predicted octanol–water partition coefficient (Wildman–Crippen LogP) is 3.76. The Bertz CT molecular complexity index is 681. The maximum Gasteiger partial charge on any atom is 0.257 e. The highest BCUT2D eigenvalue weighted by atomic mass is 35.5. The monoisotopic (exact) mass is 355 g/mol. The summed E-state index contributed by atoms with van der Waals surface area (Å²) in [6, 6.07) is 5.19. The van der Waals surface area contributed by atoms with Crippen molar-refractivity contribution in [3.8, 4) is 5.69 Å². The van der Waals surface area contributed by atoms with Gasteiger partial charge in [0, 0.05) is 30.1 Å². The van der Waals surface area contributed by atoms with E-state index in [2.05, 4.69) is 5.10 Å². The molecule has 1 aromatic heterocycles. The molecule has 2 aromatic rings. The van der Waals surface area contributed by atoms with Crippen LogP contribution in [0.1, 0.15) is 16.8 Å². The van der Waals surface area contributed by atoms with E-state index < -0.39 is 0 Å². The van der Waals surface area contributed by atoms with Gasteiger partial charge in [-0.25, -0.2) is 4.68 Å². The van der Waals surface area contributed by atoms with Crippen LogP contribution in [0, 0.1) is 0 Å². The van der Waals surface area contributed by atoms with Gasteiger partial charge in [-0.1, -0.05) is 23.2 Å². The maximum atomic E-state index is 12.5. The Morgan fingerprint density at radius 3 is 2.91 bits per heavy atom. The number of benzene rings is 1. The zero-order chi connectivity index (χ0) is 15.5. The Balaban J connectivity index is 1.82. The standard InChI is InChI=1S/C15H15Cl2N3OS/c16-12-2-3-14(13(17)8-12)20-10-11(9-18-20)15(21)19-4-1-6-22-7-5-19/h2-3,8-10H,1,4-7H2. The lowest BCUT2D eigenvalue weighted by Gasteiger charge is -2.18. The second-order valence-corrected chi connectivity index (χ2v) is 7.10. The molecule has 0 atom stereocenters. The molecule has 3 rings (SSSR count). The summed E-state index contributed by atoms with van der Waals surface area (Å²) >= 11 is 14.0. The van der Waals surface area contributed by atoms with Crippen LogP contribution in [0.4, 0.5) is 0 Å². The zero-order valence-electron chi connectivity index (χ0n) is 11.8. The third kappa shape index (κ3) is 3.42. The second-order valence-electron chi connectivity index (χ2n) is 5.03. The van der Waals surface area contributed by atoms with Crippen molar-refractivity contribution in [1.82, 2.24) is 14.7 Å². The van der Waals surface area contributed by atoms with Crippen molar-refractivity contribution in [2.75, 3.05) is 24.6 Å². The highest BCUT2D eigenvalue weighted by molar-refractivity contribution is 7.99. The second kappa shape index (κ2) is 6.94. The third-order valence-corrected chi connectivity index (χ3v) is 5.08. The first-order valence-electron chi connectivity index (χ1n) is 7.02. The van der Waals surface area contributed by atoms with Gasteiger partial charge in [-0.3, -0.25) is 4.79 Å². The Hall–Kier alpha value is -1.17. The summed E-state index contributed by atoms with van der Waals surface area (Å²) in [6.07, 6.45) is 4.34. The summed E-state index contributed by atoms with van der Waals surface area (Å²) < 4.78 is 1.61. The number of nitrogens with zero attached hydrogens (tertiary/aromatic N) is 3. The first-order chi connectivity index (χ1) is 10.6. The normalized spacial score (nSPS) is 15.6. The zero-order valence-corrected chi connectivity index (χ0v) is 14.2. The molecule has 0 radical (unpaired) electrons. The molecule has 2 heterocycles. The fraction of sp³-hybridized carbons (Fsp3) is 0.333. The molecule has 0 saturated carbocycles. The predicted molar refractivity (Wildman–Crippen MR) is 91.4 cm³/mol. The highest BCUT2D eigenvalue weighted by Gasteiger charge is 2.19. The van der Waals surface area contributed by atoms with Crippen molar-refractivity contribution in [1.29, 1.82) is 0 Å². The smallest absolute Gasteiger partial charge is 0.257 e. The summed E-state index contributed by atoms with van der Waals surface area (Å²) in [5, 5.41) is 5.32. The molecular formula is C15H15Cl2N3OS. The molecule has 116 valence electrons. The molecule has 7 heteroatoms. The number of rotatable bonds is 2. The molecule has 4 nitrogen and oxygen atoms in total. The van der Waals surface area contributed by atoms with Crippen molar-refractivity contribution in [2.24, 2.45) is 0 Å². The molecule has 22 heavy (non-hydrogen) atoms. The van der Waals surface area contributed by atoms with Gasteiger partial charge in [0.2, 0.25) is 0 Å². The van der Waals surface area contributed by atoms with E-state index in [4.69, 9.17) is 23.2 Å². The average molecular weight is 356 g/mol. The molecule has 0 spiro atoms. The third-order valence-electron chi connectivity index (χ3n) is 3.50. The van der Waals surface area contributed by atoms with Gasteiger partial charge in [0.1, 0.15) is 0 Å². The van der Waals surface area contributed by atoms with Crippen LogP contribution in [0.2, 0.25) is 10.0 Å². The SMILES string of the molecule is O=C(c1cnn(-c2ccc(Cl)cc2Cl)c1)N1CCCSCC1. The Morgan fingerprint density at radius 2 is 2.09 bits per heavy atom. The topological polar surface area (TPSA) is 38.1 Å². The summed E-state index contributed by atoms with van der Waals surface area (Å²) in [5.41, 5.74) is 1.29. The van der Waals surface area contributed by atoms with Crippen LogP contribution in [-0.4, -0.2) is 45.2 Å². The first kappa shape index (κ1) is 15.7. The van der Waals surface area contributed by atoms with Crippen LogP contribution in [0.25, 0.3) is 5.69 Å². The van der Waals surface area contributed by atoms with Crippen LogP contribution in [0.5, 0.6) is 0 Å². The highest BCUT2D eigenvalue weighted by Crippen LogP contribution is 2.24. The van der Waals surface area contributed by atoms with Gasteiger partial charge >= 0.3 is 0 Å². The lowest BCUT2D eigenvalue weighted by atomic mass is 10.3. The summed E-state index contributed by atoms with van der Waals surface area (Å²) in [6.45, 7) is 1.59. The van der Waals surface area contributed by atoms with Gasteiger partial charge in [0.05, 0.1) is 22.5 Å². The minimum Gasteiger partial charge on any atom is -0.338 e. The van der Waals surface area contributed by atoms with Crippen LogP contribution >= 0.6 is 35.0 Å². The van der Waals surface area contributed by atoms with E-state index in [1.54, 1.807) is 35.3 Å². The van der Waals surface area contributed by atoms with Gasteiger partial charge in [0.25, 0.3) is 5.91 Å². The van der Waals surface area contributed by atoms with Gasteiger partial charge in [-0.15, -0.1) is 0 Å². The van der Waals surface area contributed by atoms with Gasteiger partial charge in [-0.2, -0.15) is 16.9 Å². The number of amides is 1. The number of carbonyl (C=O) groups excluding carboxylic acids is 1. The van der Waals surface area contributed by atoms with Crippen molar-refractivity contribution in [3.63, 3.8) is 0 Å². The van der Waals surface area contributed by atoms with Gasteiger partial charge in [0.15, 0.2) is 0 Å². The number of hydrogen-bond donors (Lipinski definition) is 0. The maximum absolute atomic E-state index is 12.5. The number of thioether (sulfide) groups is 1. The van der Waals surface area contributed by atoms with Crippen molar-refractivity contribution in [2.45, 2.75) is 6.42 Å². The molecule has 0 aliphatic carbocycles. The molecule has 1 aliphatic rings. The summed E-state index contributed by atoms with van der Waals surface area (Å²) in [5.74, 6) is 2.13. The fourth-order valence-corrected chi connectivity index (χ4v) is 3.75. The van der Waals surface area contributed by atoms with Crippen molar-refractivity contribution in [3.05, 3.63) is 46.2 Å². The van der Waals surface area contributed by atoms with E-state index in [1.165, 1.54) is 0 Å². The summed E-state index contributed by atoms with van der Waals surface area (Å²) in [7, 11) is 0.